The third-order valence-electron chi connectivity index (χ3n) is 7.58. The number of hydrogen-bond acceptors (Lipinski definition) is 2. The highest BCUT2D eigenvalue weighted by molar-refractivity contribution is 5.08. The monoisotopic (exact) mass is 264 g/mol. The minimum Gasteiger partial charge on any atom is -0.393 e. The van der Waals surface area contributed by atoms with E-state index in [1.54, 1.807) is 0 Å². The van der Waals surface area contributed by atoms with Crippen molar-refractivity contribution < 1.29 is 10.2 Å². The smallest absolute Gasteiger partial charge is 0.0596 e. The minimum atomic E-state index is -0.0494. The van der Waals surface area contributed by atoms with Gasteiger partial charge < -0.3 is 10.2 Å². The van der Waals surface area contributed by atoms with Crippen LogP contribution in [0, 0.1) is 35.0 Å². The maximum absolute atomic E-state index is 10.4. The lowest BCUT2D eigenvalue weighted by atomic mass is 9.59. The molecule has 8 atom stereocenters. The molecule has 0 bridgehead atoms. The van der Waals surface area contributed by atoms with E-state index in [0.29, 0.717) is 0 Å². The summed E-state index contributed by atoms with van der Waals surface area (Å²) in [5, 5.41) is 20.3. The van der Waals surface area contributed by atoms with Crippen molar-refractivity contribution in [2.45, 2.75) is 70.5 Å². The molecule has 108 valence electrons. The molecule has 0 aromatic carbocycles. The second kappa shape index (κ2) is 4.21. The first kappa shape index (κ1) is 12.6. The highest BCUT2D eigenvalue weighted by Crippen LogP contribution is 2.64. The van der Waals surface area contributed by atoms with E-state index in [1.807, 2.05) is 0 Å². The van der Waals surface area contributed by atoms with Gasteiger partial charge in [0.25, 0.3) is 0 Å². The van der Waals surface area contributed by atoms with E-state index in [2.05, 4.69) is 6.92 Å². The fourth-order valence-electron chi connectivity index (χ4n) is 6.61. The molecule has 4 aliphatic rings. The molecular weight excluding hydrogens is 236 g/mol. The first-order valence-corrected chi connectivity index (χ1v) is 8.45. The lowest BCUT2D eigenvalue weighted by Crippen LogP contribution is -2.42. The van der Waals surface area contributed by atoms with Gasteiger partial charge in [-0.1, -0.05) is 6.92 Å². The second-order valence-corrected chi connectivity index (χ2v) is 8.20. The van der Waals surface area contributed by atoms with Crippen LogP contribution in [0.1, 0.15) is 58.3 Å². The van der Waals surface area contributed by atoms with Gasteiger partial charge in [0.1, 0.15) is 0 Å². The fraction of sp³-hybridized carbons (Fsp3) is 1.00. The molecule has 0 spiro atoms. The zero-order valence-electron chi connectivity index (χ0n) is 12.1. The van der Waals surface area contributed by atoms with E-state index in [1.165, 1.54) is 32.1 Å². The average molecular weight is 264 g/mol. The van der Waals surface area contributed by atoms with Crippen molar-refractivity contribution in [1.82, 2.24) is 0 Å². The summed E-state index contributed by atoms with van der Waals surface area (Å²) in [6.45, 7) is 2.35. The highest BCUT2D eigenvalue weighted by Gasteiger charge is 2.58. The van der Waals surface area contributed by atoms with Crippen LogP contribution in [0.2, 0.25) is 0 Å². The second-order valence-electron chi connectivity index (χ2n) is 8.20. The van der Waals surface area contributed by atoms with Gasteiger partial charge >= 0.3 is 0 Å². The van der Waals surface area contributed by atoms with Crippen LogP contribution >= 0.6 is 0 Å². The Bertz CT molecular complexity index is 368. The van der Waals surface area contributed by atoms with E-state index in [4.69, 9.17) is 0 Å². The topological polar surface area (TPSA) is 40.5 Å². The molecule has 4 rings (SSSR count). The summed E-state index contributed by atoms with van der Waals surface area (Å²) < 4.78 is 0. The quantitative estimate of drug-likeness (QED) is 0.706. The van der Waals surface area contributed by atoms with Crippen molar-refractivity contribution in [3.63, 3.8) is 0 Å². The molecule has 0 radical (unpaired) electrons. The summed E-state index contributed by atoms with van der Waals surface area (Å²) in [5.41, 5.74) is 0.216. The third-order valence-corrected chi connectivity index (χ3v) is 7.58. The Balaban J connectivity index is 1.59. The maximum atomic E-state index is 10.4. The standard InChI is InChI=1S/C17H28O2/c1-17-7-6-13-12-3-2-11(18)8-10(12)9-14(13)15(17)4-5-16(17)19/h10-16,18-19H,2-9H2,1H3/t10?,11?,12?,13?,14?,15?,16?,17-/m0/s1. The number of aliphatic hydroxyl groups is 2. The Labute approximate surface area is 116 Å². The van der Waals surface area contributed by atoms with Crippen LogP contribution in [0.4, 0.5) is 0 Å². The van der Waals surface area contributed by atoms with Crippen molar-refractivity contribution >= 4 is 0 Å². The first-order chi connectivity index (χ1) is 9.09. The van der Waals surface area contributed by atoms with Crippen molar-refractivity contribution in [2.24, 2.45) is 35.0 Å². The predicted octanol–water partition coefficient (Wildman–Crippen LogP) is 2.97. The number of fused-ring (bicyclic) bond motifs is 5. The SMILES string of the molecule is C[C@]12CCC3C4CCC(O)CC4CC3C1CCC2O. The van der Waals surface area contributed by atoms with Gasteiger partial charge in [0.2, 0.25) is 0 Å². The molecular formula is C17H28O2. The van der Waals surface area contributed by atoms with Crippen LogP contribution in [0.5, 0.6) is 0 Å². The molecule has 0 aromatic heterocycles. The van der Waals surface area contributed by atoms with Crippen LogP contribution in [-0.4, -0.2) is 22.4 Å². The molecule has 19 heavy (non-hydrogen) atoms. The molecule has 2 nitrogen and oxygen atoms in total. The Kier molecular flexibility index (Phi) is 2.80. The summed E-state index contributed by atoms with van der Waals surface area (Å²) in [7, 11) is 0. The molecule has 2 heteroatoms. The van der Waals surface area contributed by atoms with Crippen molar-refractivity contribution in [3.8, 4) is 0 Å². The van der Waals surface area contributed by atoms with Crippen LogP contribution < -0.4 is 0 Å². The van der Waals surface area contributed by atoms with Gasteiger partial charge in [0.05, 0.1) is 12.2 Å². The number of hydrogen-bond donors (Lipinski definition) is 2. The first-order valence-electron chi connectivity index (χ1n) is 8.45. The molecule has 4 aliphatic carbocycles. The molecule has 0 saturated heterocycles. The molecule has 0 amide bonds. The van der Waals surface area contributed by atoms with Crippen LogP contribution in [-0.2, 0) is 0 Å². The highest BCUT2D eigenvalue weighted by atomic mass is 16.3. The van der Waals surface area contributed by atoms with Gasteiger partial charge in [0, 0.05) is 0 Å². The summed E-state index contributed by atoms with van der Waals surface area (Å²) in [6.07, 6.45) is 9.49. The zero-order chi connectivity index (χ0) is 13.2. The van der Waals surface area contributed by atoms with E-state index in [0.717, 1.165) is 48.9 Å². The van der Waals surface area contributed by atoms with Gasteiger partial charge in [-0.25, -0.2) is 0 Å². The Morgan fingerprint density at radius 3 is 2.53 bits per heavy atom. The lowest BCUT2D eigenvalue weighted by Gasteiger charge is -2.46. The Morgan fingerprint density at radius 2 is 1.68 bits per heavy atom. The lowest BCUT2D eigenvalue weighted by molar-refractivity contribution is -0.0323. The van der Waals surface area contributed by atoms with Crippen LogP contribution in [0.25, 0.3) is 0 Å². The van der Waals surface area contributed by atoms with Crippen LogP contribution in [0.15, 0.2) is 0 Å². The van der Waals surface area contributed by atoms with E-state index in [9.17, 15) is 10.2 Å². The van der Waals surface area contributed by atoms with Gasteiger partial charge in [-0.15, -0.1) is 0 Å². The molecule has 7 unspecified atom stereocenters. The maximum Gasteiger partial charge on any atom is 0.0596 e. The molecule has 4 saturated carbocycles. The molecule has 2 N–H and O–H groups in total. The van der Waals surface area contributed by atoms with Crippen molar-refractivity contribution in [3.05, 3.63) is 0 Å². The van der Waals surface area contributed by atoms with E-state index >= 15 is 0 Å². The number of rotatable bonds is 0. The Morgan fingerprint density at radius 1 is 0.842 bits per heavy atom. The normalized spacial score (nSPS) is 60.5. The Hall–Kier alpha value is -0.0800. The molecule has 0 heterocycles. The van der Waals surface area contributed by atoms with E-state index < -0.39 is 0 Å². The largest absolute Gasteiger partial charge is 0.393 e. The summed E-state index contributed by atoms with van der Waals surface area (Å²) in [5.74, 6) is 4.23. The van der Waals surface area contributed by atoms with E-state index in [-0.39, 0.29) is 17.6 Å². The van der Waals surface area contributed by atoms with Gasteiger partial charge in [0.15, 0.2) is 0 Å². The molecule has 0 aromatic rings. The van der Waals surface area contributed by atoms with Gasteiger partial charge in [-0.3, -0.25) is 0 Å². The zero-order valence-corrected chi connectivity index (χ0v) is 12.1. The van der Waals surface area contributed by atoms with Crippen molar-refractivity contribution in [1.29, 1.82) is 0 Å². The predicted molar refractivity (Wildman–Crippen MR) is 74.5 cm³/mol. The van der Waals surface area contributed by atoms with Gasteiger partial charge in [-0.05, 0) is 86.4 Å². The van der Waals surface area contributed by atoms with Crippen molar-refractivity contribution in [2.75, 3.05) is 0 Å². The summed E-state index contributed by atoms with van der Waals surface area (Å²) >= 11 is 0. The average Bonchev–Trinajstić information content (AvgIpc) is 2.87. The third kappa shape index (κ3) is 1.68. The molecule has 4 fully saturated rings. The fourth-order valence-corrected chi connectivity index (χ4v) is 6.61. The minimum absolute atomic E-state index is 0.0260. The number of aliphatic hydroxyl groups excluding tert-OH is 2. The molecule has 0 aliphatic heterocycles. The summed E-state index contributed by atoms with van der Waals surface area (Å²) in [6, 6.07) is 0. The van der Waals surface area contributed by atoms with Crippen LogP contribution in [0.3, 0.4) is 0 Å². The van der Waals surface area contributed by atoms with Gasteiger partial charge in [-0.2, -0.15) is 0 Å². The summed E-state index contributed by atoms with van der Waals surface area (Å²) in [4.78, 5) is 0.